The molecule has 0 amide bonds. The summed E-state index contributed by atoms with van der Waals surface area (Å²) in [5.41, 5.74) is 7.07. The minimum atomic E-state index is -0.352. The van der Waals surface area contributed by atoms with Crippen LogP contribution in [0.25, 0.3) is 0 Å². The minimum absolute atomic E-state index is 0.120. The summed E-state index contributed by atoms with van der Waals surface area (Å²) in [5.74, 6) is 0.686. The van der Waals surface area contributed by atoms with E-state index in [1.54, 1.807) is 25.1 Å². The molecule has 1 atom stereocenters. The third-order valence-corrected chi connectivity index (χ3v) is 2.83. The molecule has 0 saturated heterocycles. The van der Waals surface area contributed by atoms with Gasteiger partial charge >= 0.3 is 0 Å². The Morgan fingerprint density at radius 2 is 1.95 bits per heavy atom. The van der Waals surface area contributed by atoms with Crippen LogP contribution in [0.1, 0.15) is 24.1 Å². The SMILES string of the molecule is CC(N)c1cc(F)ccc1Oc1ccccc1CO. The van der Waals surface area contributed by atoms with E-state index in [0.717, 1.165) is 0 Å². The highest BCUT2D eigenvalue weighted by atomic mass is 19.1. The highest BCUT2D eigenvalue weighted by Crippen LogP contribution is 2.31. The number of aliphatic hydroxyl groups is 1. The molecule has 0 aliphatic carbocycles. The zero-order valence-corrected chi connectivity index (χ0v) is 10.6. The monoisotopic (exact) mass is 261 g/mol. The van der Waals surface area contributed by atoms with Crippen LogP contribution < -0.4 is 10.5 Å². The van der Waals surface area contributed by atoms with Gasteiger partial charge in [0.15, 0.2) is 0 Å². The predicted octanol–water partition coefficient (Wildman–Crippen LogP) is 3.13. The summed E-state index contributed by atoms with van der Waals surface area (Å²) in [5, 5.41) is 9.25. The maximum atomic E-state index is 13.2. The quantitative estimate of drug-likeness (QED) is 0.889. The largest absolute Gasteiger partial charge is 0.457 e. The summed E-state index contributed by atoms with van der Waals surface area (Å²) in [7, 11) is 0. The van der Waals surface area contributed by atoms with Gasteiger partial charge in [0.1, 0.15) is 17.3 Å². The Bertz CT molecular complexity index is 570. The molecular weight excluding hydrogens is 245 g/mol. The van der Waals surface area contributed by atoms with E-state index in [1.807, 2.05) is 12.1 Å². The molecule has 3 N–H and O–H groups in total. The van der Waals surface area contributed by atoms with E-state index < -0.39 is 0 Å². The van der Waals surface area contributed by atoms with Crippen molar-refractivity contribution in [1.82, 2.24) is 0 Å². The van der Waals surface area contributed by atoms with Gasteiger partial charge in [-0.2, -0.15) is 0 Å². The third kappa shape index (κ3) is 3.10. The van der Waals surface area contributed by atoms with Crippen LogP contribution in [0.15, 0.2) is 42.5 Å². The molecule has 4 heteroatoms. The van der Waals surface area contributed by atoms with Gasteiger partial charge in [0.05, 0.1) is 6.61 Å². The molecule has 0 radical (unpaired) electrons. The lowest BCUT2D eigenvalue weighted by Crippen LogP contribution is -2.07. The average molecular weight is 261 g/mol. The highest BCUT2D eigenvalue weighted by Gasteiger charge is 2.12. The maximum absolute atomic E-state index is 13.2. The molecule has 0 fully saturated rings. The van der Waals surface area contributed by atoms with E-state index in [1.165, 1.54) is 12.1 Å². The van der Waals surface area contributed by atoms with Gasteiger partial charge in [0, 0.05) is 17.2 Å². The molecule has 0 aromatic heterocycles. The number of hydrogen-bond donors (Lipinski definition) is 2. The average Bonchev–Trinajstić information content (AvgIpc) is 2.41. The molecule has 3 nitrogen and oxygen atoms in total. The first-order valence-electron chi connectivity index (χ1n) is 6.03. The van der Waals surface area contributed by atoms with Gasteiger partial charge in [-0.1, -0.05) is 18.2 Å². The third-order valence-electron chi connectivity index (χ3n) is 2.83. The fourth-order valence-electron chi connectivity index (χ4n) is 1.82. The van der Waals surface area contributed by atoms with Gasteiger partial charge < -0.3 is 15.6 Å². The lowest BCUT2D eigenvalue weighted by Gasteiger charge is -2.15. The fourth-order valence-corrected chi connectivity index (χ4v) is 1.82. The topological polar surface area (TPSA) is 55.5 Å². The normalized spacial score (nSPS) is 12.2. The van der Waals surface area contributed by atoms with Crippen molar-refractivity contribution >= 4 is 0 Å². The zero-order valence-electron chi connectivity index (χ0n) is 10.6. The summed E-state index contributed by atoms with van der Waals surface area (Å²) in [6.07, 6.45) is 0. The number of ether oxygens (including phenoxy) is 1. The first-order valence-corrected chi connectivity index (χ1v) is 6.03. The molecule has 2 aromatic rings. The number of nitrogens with two attached hydrogens (primary N) is 1. The molecule has 19 heavy (non-hydrogen) atoms. The van der Waals surface area contributed by atoms with E-state index in [4.69, 9.17) is 10.5 Å². The van der Waals surface area contributed by atoms with E-state index in [0.29, 0.717) is 22.6 Å². The van der Waals surface area contributed by atoms with Crippen LogP contribution in [-0.4, -0.2) is 5.11 Å². The van der Waals surface area contributed by atoms with Gasteiger partial charge in [0.2, 0.25) is 0 Å². The summed E-state index contributed by atoms with van der Waals surface area (Å²) in [4.78, 5) is 0. The van der Waals surface area contributed by atoms with Crippen LogP contribution in [0.3, 0.4) is 0 Å². The van der Waals surface area contributed by atoms with Crippen molar-refractivity contribution in [3.8, 4) is 11.5 Å². The van der Waals surface area contributed by atoms with Gasteiger partial charge in [-0.25, -0.2) is 4.39 Å². The Kier molecular flexibility index (Phi) is 4.14. The summed E-state index contributed by atoms with van der Waals surface area (Å²) < 4.78 is 19.0. The minimum Gasteiger partial charge on any atom is -0.457 e. The van der Waals surface area contributed by atoms with Crippen LogP contribution in [0.4, 0.5) is 4.39 Å². The van der Waals surface area contributed by atoms with Gasteiger partial charge in [0.25, 0.3) is 0 Å². The number of hydrogen-bond acceptors (Lipinski definition) is 3. The van der Waals surface area contributed by atoms with Crippen molar-refractivity contribution in [3.63, 3.8) is 0 Å². The predicted molar refractivity (Wildman–Crippen MR) is 71.4 cm³/mol. The first kappa shape index (κ1) is 13.5. The molecule has 0 aliphatic rings. The van der Waals surface area contributed by atoms with E-state index in [2.05, 4.69) is 0 Å². The van der Waals surface area contributed by atoms with Gasteiger partial charge in [-0.3, -0.25) is 0 Å². The van der Waals surface area contributed by atoms with Gasteiger partial charge in [-0.05, 0) is 31.2 Å². The molecule has 2 rings (SSSR count). The smallest absolute Gasteiger partial charge is 0.132 e. The zero-order chi connectivity index (χ0) is 13.8. The van der Waals surface area contributed by atoms with Crippen molar-refractivity contribution in [1.29, 1.82) is 0 Å². The molecule has 1 unspecified atom stereocenters. The van der Waals surface area contributed by atoms with E-state index in [-0.39, 0.29) is 18.5 Å². The number of benzene rings is 2. The molecule has 0 bridgehead atoms. The Morgan fingerprint density at radius 3 is 2.63 bits per heavy atom. The summed E-state index contributed by atoms with van der Waals surface area (Å²) in [6, 6.07) is 11.0. The Labute approximate surface area is 111 Å². The lowest BCUT2D eigenvalue weighted by molar-refractivity contribution is 0.276. The van der Waals surface area contributed by atoms with Crippen molar-refractivity contribution < 1.29 is 14.2 Å². The standard InChI is InChI=1S/C15H16FNO2/c1-10(17)13-8-12(16)6-7-15(13)19-14-5-3-2-4-11(14)9-18/h2-8,10,18H,9,17H2,1H3. The highest BCUT2D eigenvalue weighted by molar-refractivity contribution is 5.42. The number of aliphatic hydroxyl groups excluding tert-OH is 1. The Hall–Kier alpha value is -1.91. The van der Waals surface area contributed by atoms with Crippen LogP contribution >= 0.6 is 0 Å². The van der Waals surface area contributed by atoms with Crippen molar-refractivity contribution in [2.45, 2.75) is 19.6 Å². The summed E-state index contributed by atoms with van der Waals surface area (Å²) >= 11 is 0. The van der Waals surface area contributed by atoms with Crippen LogP contribution in [0.5, 0.6) is 11.5 Å². The number of halogens is 1. The lowest BCUT2D eigenvalue weighted by atomic mass is 10.1. The Morgan fingerprint density at radius 1 is 1.21 bits per heavy atom. The van der Waals surface area contributed by atoms with Crippen molar-refractivity contribution in [2.75, 3.05) is 0 Å². The van der Waals surface area contributed by atoms with Gasteiger partial charge in [-0.15, -0.1) is 0 Å². The first-order chi connectivity index (χ1) is 9.11. The number of rotatable bonds is 4. The molecule has 0 spiro atoms. The molecule has 100 valence electrons. The van der Waals surface area contributed by atoms with Crippen molar-refractivity contribution in [2.24, 2.45) is 5.73 Å². The fraction of sp³-hybridized carbons (Fsp3) is 0.200. The summed E-state index contributed by atoms with van der Waals surface area (Å²) in [6.45, 7) is 1.64. The molecule has 0 heterocycles. The van der Waals surface area contributed by atoms with E-state index in [9.17, 15) is 9.50 Å². The molecule has 0 saturated carbocycles. The molecule has 0 aliphatic heterocycles. The van der Waals surface area contributed by atoms with Crippen molar-refractivity contribution in [3.05, 3.63) is 59.4 Å². The van der Waals surface area contributed by atoms with Crippen LogP contribution in [0, 0.1) is 5.82 Å². The maximum Gasteiger partial charge on any atom is 0.132 e. The van der Waals surface area contributed by atoms with Crippen LogP contribution in [-0.2, 0) is 6.61 Å². The second-order valence-electron chi connectivity index (χ2n) is 4.34. The van der Waals surface area contributed by atoms with E-state index >= 15 is 0 Å². The Balaban J connectivity index is 2.38. The second kappa shape index (κ2) is 5.82. The van der Waals surface area contributed by atoms with Crippen LogP contribution in [0.2, 0.25) is 0 Å². The molecule has 2 aromatic carbocycles. The molecular formula is C15H16FNO2. The number of para-hydroxylation sites is 1. The second-order valence-corrected chi connectivity index (χ2v) is 4.34.